The van der Waals surface area contributed by atoms with Gasteiger partial charge in [0.2, 0.25) is 0 Å². The van der Waals surface area contributed by atoms with Gasteiger partial charge in [-0.05, 0) is 12.1 Å². The average molecular weight is 214 g/mol. The first-order valence-corrected chi connectivity index (χ1v) is 5.51. The van der Waals surface area contributed by atoms with Crippen LogP contribution in [0.5, 0.6) is 5.75 Å². The number of benzene rings is 1. The van der Waals surface area contributed by atoms with Crippen LogP contribution in [0.3, 0.4) is 0 Å². The van der Waals surface area contributed by atoms with Crippen molar-refractivity contribution >= 4 is 5.69 Å². The van der Waals surface area contributed by atoms with E-state index in [0.717, 1.165) is 12.2 Å². The van der Waals surface area contributed by atoms with Crippen LogP contribution in [0.15, 0.2) is 48.6 Å². The summed E-state index contributed by atoms with van der Waals surface area (Å²) in [6.07, 6.45) is 8.58. The molecule has 0 spiro atoms. The molecule has 2 atom stereocenters. The van der Waals surface area contributed by atoms with Crippen LogP contribution in [0.25, 0.3) is 0 Å². The molecule has 2 N–H and O–H groups in total. The molecule has 2 aliphatic rings. The number of nitrogens with one attached hydrogen (secondary N) is 1. The minimum atomic E-state index is 0.304. The Morgan fingerprint density at radius 3 is 3.00 bits per heavy atom. The first-order valence-electron chi connectivity index (χ1n) is 5.51. The van der Waals surface area contributed by atoms with Crippen molar-refractivity contribution in [1.29, 1.82) is 0 Å². The summed E-state index contributed by atoms with van der Waals surface area (Å²) < 4.78 is 0. The van der Waals surface area contributed by atoms with E-state index < -0.39 is 0 Å². The van der Waals surface area contributed by atoms with Crippen molar-refractivity contribution in [2.24, 2.45) is 5.92 Å². The normalized spacial score (nSPS) is 27.1. The number of hydrazine groups is 1. The Kier molecular flexibility index (Phi) is 2.18. The van der Waals surface area contributed by atoms with Crippen molar-refractivity contribution < 1.29 is 5.11 Å². The predicted molar refractivity (Wildman–Crippen MR) is 64.1 cm³/mol. The third-order valence-electron chi connectivity index (χ3n) is 3.12. The minimum absolute atomic E-state index is 0.304. The highest BCUT2D eigenvalue weighted by atomic mass is 16.3. The highest BCUT2D eigenvalue weighted by Gasteiger charge is 2.31. The fraction of sp³-hybridized carbons (Fsp3) is 0.231. The van der Waals surface area contributed by atoms with E-state index in [-0.39, 0.29) is 0 Å². The van der Waals surface area contributed by atoms with Gasteiger partial charge in [-0.25, -0.2) is 5.43 Å². The fourth-order valence-corrected chi connectivity index (χ4v) is 2.32. The second-order valence-corrected chi connectivity index (χ2v) is 4.18. The number of nitrogens with zero attached hydrogens (tertiary/aromatic N) is 1. The van der Waals surface area contributed by atoms with Crippen LogP contribution < -0.4 is 10.4 Å². The van der Waals surface area contributed by atoms with Crippen molar-refractivity contribution in [3.05, 3.63) is 48.6 Å². The van der Waals surface area contributed by atoms with Crippen LogP contribution in [-0.2, 0) is 0 Å². The second kappa shape index (κ2) is 3.68. The second-order valence-electron chi connectivity index (χ2n) is 4.18. The van der Waals surface area contributed by atoms with E-state index in [4.69, 9.17) is 0 Å². The molecule has 82 valence electrons. The Morgan fingerprint density at radius 2 is 2.12 bits per heavy atom. The smallest absolute Gasteiger partial charge is 0.117 e. The van der Waals surface area contributed by atoms with E-state index in [2.05, 4.69) is 34.7 Å². The highest BCUT2D eigenvalue weighted by molar-refractivity contribution is 5.53. The number of allylic oxidation sites excluding steroid dienone is 2. The Hall–Kier alpha value is -1.74. The van der Waals surface area contributed by atoms with Crippen molar-refractivity contribution in [3.63, 3.8) is 0 Å². The van der Waals surface area contributed by atoms with Gasteiger partial charge >= 0.3 is 0 Å². The van der Waals surface area contributed by atoms with E-state index in [0.29, 0.717) is 17.7 Å². The van der Waals surface area contributed by atoms with Crippen LogP contribution in [0.2, 0.25) is 0 Å². The Balaban J connectivity index is 1.91. The fourth-order valence-electron chi connectivity index (χ4n) is 2.32. The third-order valence-corrected chi connectivity index (χ3v) is 3.12. The van der Waals surface area contributed by atoms with Crippen LogP contribution in [-0.4, -0.2) is 17.7 Å². The topological polar surface area (TPSA) is 35.5 Å². The van der Waals surface area contributed by atoms with E-state index in [1.165, 1.54) is 0 Å². The maximum atomic E-state index is 9.48. The van der Waals surface area contributed by atoms with Crippen LogP contribution in [0.1, 0.15) is 0 Å². The molecule has 0 saturated carbocycles. The van der Waals surface area contributed by atoms with Crippen LogP contribution in [0.4, 0.5) is 5.69 Å². The van der Waals surface area contributed by atoms with Crippen molar-refractivity contribution in [2.75, 3.05) is 11.6 Å². The van der Waals surface area contributed by atoms with Gasteiger partial charge in [0.25, 0.3) is 0 Å². The molecule has 3 nitrogen and oxygen atoms in total. The lowest BCUT2D eigenvalue weighted by molar-refractivity contribution is 0.475. The molecule has 1 aliphatic heterocycles. The molecule has 0 aromatic heterocycles. The molecule has 1 aromatic rings. The molecule has 0 bridgehead atoms. The van der Waals surface area contributed by atoms with Crippen LogP contribution >= 0.6 is 0 Å². The summed E-state index contributed by atoms with van der Waals surface area (Å²) in [7, 11) is 0. The lowest BCUT2D eigenvalue weighted by Gasteiger charge is -2.26. The molecule has 0 amide bonds. The highest BCUT2D eigenvalue weighted by Crippen LogP contribution is 2.29. The zero-order valence-electron chi connectivity index (χ0n) is 8.88. The Labute approximate surface area is 94.7 Å². The lowest BCUT2D eigenvalue weighted by Crippen LogP contribution is -2.37. The number of hydrogen-bond donors (Lipinski definition) is 2. The number of phenolic OH excluding ortho intramolecular Hbond substituents is 1. The molecule has 0 radical (unpaired) electrons. The zero-order chi connectivity index (χ0) is 11.0. The first-order chi connectivity index (χ1) is 7.84. The SMILES string of the molecule is Oc1cccc(N2NCC3C=CC=CC32)c1. The molecular formula is C13H14N2O. The maximum Gasteiger partial charge on any atom is 0.117 e. The number of aromatic hydroxyl groups is 1. The standard InChI is InChI=1S/C13H14N2O/c16-12-6-3-5-11(8-12)15-13-7-2-1-4-10(13)9-14-15/h1-8,10,13-14,16H,9H2. The van der Waals surface area contributed by atoms with Gasteiger partial charge in [-0.1, -0.05) is 30.4 Å². The van der Waals surface area contributed by atoms with Gasteiger partial charge in [-0.15, -0.1) is 0 Å². The molecule has 1 saturated heterocycles. The average Bonchev–Trinajstić information content (AvgIpc) is 2.72. The minimum Gasteiger partial charge on any atom is -0.508 e. The molecule has 2 unspecified atom stereocenters. The quantitative estimate of drug-likeness (QED) is 0.748. The van der Waals surface area contributed by atoms with E-state index in [1.54, 1.807) is 12.1 Å². The number of phenols is 1. The summed E-state index contributed by atoms with van der Waals surface area (Å²) in [5.74, 6) is 0.824. The van der Waals surface area contributed by atoms with Crippen molar-refractivity contribution in [1.82, 2.24) is 5.43 Å². The largest absolute Gasteiger partial charge is 0.508 e. The predicted octanol–water partition coefficient (Wildman–Crippen LogP) is 1.83. The van der Waals surface area contributed by atoms with E-state index in [9.17, 15) is 5.11 Å². The summed E-state index contributed by atoms with van der Waals surface area (Å²) in [5.41, 5.74) is 4.37. The number of anilines is 1. The third kappa shape index (κ3) is 1.49. The number of fused-ring (bicyclic) bond motifs is 1. The molecule has 3 rings (SSSR count). The van der Waals surface area contributed by atoms with Crippen LogP contribution in [0, 0.1) is 5.92 Å². The van der Waals surface area contributed by atoms with Crippen molar-refractivity contribution in [3.8, 4) is 5.75 Å². The summed E-state index contributed by atoms with van der Waals surface area (Å²) >= 11 is 0. The Bertz CT molecular complexity index is 453. The summed E-state index contributed by atoms with van der Waals surface area (Å²) in [6, 6.07) is 7.69. The number of rotatable bonds is 1. The monoisotopic (exact) mass is 214 g/mol. The molecule has 1 aliphatic carbocycles. The molecule has 1 fully saturated rings. The molecule has 3 heteroatoms. The summed E-state index contributed by atoms with van der Waals surface area (Å²) in [4.78, 5) is 0. The summed E-state index contributed by atoms with van der Waals surface area (Å²) in [6.45, 7) is 0.946. The molecular weight excluding hydrogens is 200 g/mol. The van der Waals surface area contributed by atoms with Crippen molar-refractivity contribution in [2.45, 2.75) is 6.04 Å². The lowest BCUT2D eigenvalue weighted by atomic mass is 9.96. The van der Waals surface area contributed by atoms with Gasteiger partial charge < -0.3 is 10.1 Å². The van der Waals surface area contributed by atoms with Gasteiger partial charge in [0.1, 0.15) is 5.75 Å². The van der Waals surface area contributed by atoms with Gasteiger partial charge in [0, 0.05) is 18.5 Å². The number of hydrogen-bond acceptors (Lipinski definition) is 3. The molecule has 1 heterocycles. The Morgan fingerprint density at radius 1 is 1.25 bits per heavy atom. The van der Waals surface area contributed by atoms with Gasteiger partial charge in [0.05, 0.1) is 11.7 Å². The van der Waals surface area contributed by atoms with E-state index in [1.807, 2.05) is 12.1 Å². The van der Waals surface area contributed by atoms with Gasteiger partial charge in [-0.3, -0.25) is 0 Å². The van der Waals surface area contributed by atoms with E-state index >= 15 is 0 Å². The molecule has 1 aromatic carbocycles. The molecule has 16 heavy (non-hydrogen) atoms. The van der Waals surface area contributed by atoms with Gasteiger partial charge in [0.15, 0.2) is 0 Å². The zero-order valence-corrected chi connectivity index (χ0v) is 8.88. The first kappa shape index (κ1) is 9.48. The summed E-state index contributed by atoms with van der Waals surface area (Å²) in [5, 5.41) is 11.6. The maximum absolute atomic E-state index is 9.48. The van der Waals surface area contributed by atoms with Gasteiger partial charge in [-0.2, -0.15) is 0 Å².